The van der Waals surface area contributed by atoms with Gasteiger partial charge in [0.1, 0.15) is 5.82 Å². The van der Waals surface area contributed by atoms with Crippen LogP contribution in [0, 0.1) is 5.92 Å². The molecule has 4 aromatic rings. The summed E-state index contributed by atoms with van der Waals surface area (Å²) in [6, 6.07) is 25.2. The van der Waals surface area contributed by atoms with E-state index in [0.717, 1.165) is 24.1 Å². The number of nitrogens with zero attached hydrogens (tertiary/aromatic N) is 3. The van der Waals surface area contributed by atoms with Gasteiger partial charge in [0.05, 0.1) is 22.6 Å². The molecular formula is C32H37N3O2. The Bertz CT molecular complexity index is 1390. The lowest BCUT2D eigenvalue weighted by atomic mass is 10.1. The first-order chi connectivity index (χ1) is 17.9. The van der Waals surface area contributed by atoms with Crippen molar-refractivity contribution in [2.45, 2.75) is 59.4 Å². The SMILES string of the molecule is CCc1ccc(-n2c(C(C)N(CCC(C)C)C(=O)CCc3ccccc3)nc3ccccc3c2=O)cc1. The van der Waals surface area contributed by atoms with Gasteiger partial charge in [-0.15, -0.1) is 0 Å². The first kappa shape index (κ1) is 26.3. The molecule has 5 nitrogen and oxygen atoms in total. The Kier molecular flexibility index (Phi) is 8.54. The van der Waals surface area contributed by atoms with Gasteiger partial charge in [-0.05, 0) is 67.5 Å². The second kappa shape index (κ2) is 12.0. The van der Waals surface area contributed by atoms with E-state index in [0.29, 0.717) is 42.0 Å². The molecule has 0 saturated heterocycles. The summed E-state index contributed by atoms with van der Waals surface area (Å²) < 4.78 is 1.69. The summed E-state index contributed by atoms with van der Waals surface area (Å²) in [5, 5.41) is 0.571. The van der Waals surface area contributed by atoms with Crippen molar-refractivity contribution in [2.24, 2.45) is 5.92 Å². The highest BCUT2D eigenvalue weighted by Gasteiger charge is 2.26. The molecule has 1 unspecified atom stereocenters. The number of carbonyl (C=O) groups excluding carboxylic acids is 1. The highest BCUT2D eigenvalue weighted by Crippen LogP contribution is 2.25. The number of aromatic nitrogens is 2. The molecule has 37 heavy (non-hydrogen) atoms. The van der Waals surface area contributed by atoms with Crippen molar-refractivity contribution in [3.8, 4) is 5.69 Å². The van der Waals surface area contributed by atoms with E-state index in [1.807, 2.05) is 78.6 Å². The molecule has 0 aliphatic carbocycles. The minimum Gasteiger partial charge on any atom is -0.333 e. The van der Waals surface area contributed by atoms with Gasteiger partial charge < -0.3 is 4.90 Å². The normalized spacial score (nSPS) is 12.1. The van der Waals surface area contributed by atoms with E-state index in [1.165, 1.54) is 5.56 Å². The van der Waals surface area contributed by atoms with Crippen LogP contribution in [0.2, 0.25) is 0 Å². The van der Waals surface area contributed by atoms with Crippen molar-refractivity contribution in [1.29, 1.82) is 0 Å². The maximum atomic E-state index is 13.8. The maximum Gasteiger partial charge on any atom is 0.266 e. The van der Waals surface area contributed by atoms with Crippen molar-refractivity contribution in [1.82, 2.24) is 14.5 Å². The monoisotopic (exact) mass is 495 g/mol. The van der Waals surface area contributed by atoms with Crippen LogP contribution >= 0.6 is 0 Å². The van der Waals surface area contributed by atoms with Crippen LogP contribution in [-0.2, 0) is 17.6 Å². The lowest BCUT2D eigenvalue weighted by Crippen LogP contribution is -2.38. The third-order valence-corrected chi connectivity index (χ3v) is 6.98. The van der Waals surface area contributed by atoms with E-state index >= 15 is 0 Å². The molecule has 1 amide bonds. The number of amides is 1. The van der Waals surface area contributed by atoms with Crippen LogP contribution in [0.3, 0.4) is 0 Å². The largest absolute Gasteiger partial charge is 0.333 e. The molecule has 0 spiro atoms. The van der Waals surface area contributed by atoms with Gasteiger partial charge in [-0.1, -0.05) is 75.4 Å². The predicted molar refractivity (Wildman–Crippen MR) is 151 cm³/mol. The molecule has 1 atom stereocenters. The molecule has 1 aromatic heterocycles. The summed E-state index contributed by atoms with van der Waals surface area (Å²) in [5.41, 5.74) is 3.65. The summed E-state index contributed by atoms with van der Waals surface area (Å²) >= 11 is 0. The van der Waals surface area contributed by atoms with E-state index in [4.69, 9.17) is 4.98 Å². The van der Waals surface area contributed by atoms with Gasteiger partial charge in [0, 0.05) is 13.0 Å². The Morgan fingerprint density at radius 3 is 2.24 bits per heavy atom. The van der Waals surface area contributed by atoms with Gasteiger partial charge in [0.2, 0.25) is 5.91 Å². The standard InChI is InChI=1S/C32H37N3O2/c1-5-25-15-18-27(19-16-25)35-31(33-29-14-10-9-13-28(29)32(35)37)24(4)34(22-21-23(2)3)30(36)20-17-26-11-7-6-8-12-26/h6-16,18-19,23-24H,5,17,20-22H2,1-4H3. The molecule has 0 N–H and O–H groups in total. The fourth-order valence-corrected chi connectivity index (χ4v) is 4.67. The Labute approximate surface area is 219 Å². The highest BCUT2D eigenvalue weighted by atomic mass is 16.2. The van der Waals surface area contributed by atoms with Gasteiger partial charge >= 0.3 is 0 Å². The summed E-state index contributed by atoms with van der Waals surface area (Å²) in [6.45, 7) is 9.05. The van der Waals surface area contributed by atoms with E-state index in [2.05, 4.69) is 32.9 Å². The fraction of sp³-hybridized carbons (Fsp3) is 0.344. The second-order valence-electron chi connectivity index (χ2n) is 10.1. The molecular weight excluding hydrogens is 458 g/mol. The predicted octanol–water partition coefficient (Wildman–Crippen LogP) is 6.52. The minimum absolute atomic E-state index is 0.0762. The maximum absolute atomic E-state index is 13.8. The van der Waals surface area contributed by atoms with Gasteiger partial charge in [-0.3, -0.25) is 14.2 Å². The van der Waals surface area contributed by atoms with Crippen molar-refractivity contribution in [3.63, 3.8) is 0 Å². The number of aryl methyl sites for hydroxylation is 2. The van der Waals surface area contributed by atoms with Gasteiger partial charge in [0.15, 0.2) is 0 Å². The Hall–Kier alpha value is -3.73. The molecule has 192 valence electrons. The lowest BCUT2D eigenvalue weighted by molar-refractivity contribution is -0.133. The number of benzene rings is 3. The first-order valence-corrected chi connectivity index (χ1v) is 13.3. The average molecular weight is 496 g/mol. The van der Waals surface area contributed by atoms with E-state index in [-0.39, 0.29) is 17.5 Å². The Morgan fingerprint density at radius 2 is 1.57 bits per heavy atom. The van der Waals surface area contributed by atoms with E-state index in [1.54, 1.807) is 4.57 Å². The highest BCUT2D eigenvalue weighted by molar-refractivity contribution is 5.79. The minimum atomic E-state index is -0.370. The first-order valence-electron chi connectivity index (χ1n) is 13.3. The molecule has 4 rings (SSSR count). The van der Waals surface area contributed by atoms with Gasteiger partial charge in [0.25, 0.3) is 5.56 Å². The van der Waals surface area contributed by atoms with Crippen LogP contribution in [-0.4, -0.2) is 26.9 Å². The van der Waals surface area contributed by atoms with E-state index < -0.39 is 0 Å². The molecule has 5 heteroatoms. The van der Waals surface area contributed by atoms with Crippen LogP contribution in [0.15, 0.2) is 83.7 Å². The van der Waals surface area contributed by atoms with Crippen molar-refractivity contribution < 1.29 is 4.79 Å². The van der Waals surface area contributed by atoms with Gasteiger partial charge in [-0.2, -0.15) is 0 Å². The molecule has 0 saturated carbocycles. The molecule has 0 aliphatic rings. The van der Waals surface area contributed by atoms with Crippen molar-refractivity contribution in [2.75, 3.05) is 6.54 Å². The quantitative estimate of drug-likeness (QED) is 0.252. The van der Waals surface area contributed by atoms with Crippen LogP contribution in [0.4, 0.5) is 0 Å². The fourth-order valence-electron chi connectivity index (χ4n) is 4.67. The zero-order chi connectivity index (χ0) is 26.4. The van der Waals surface area contributed by atoms with Crippen LogP contribution in [0.5, 0.6) is 0 Å². The number of hydrogen-bond donors (Lipinski definition) is 0. The zero-order valence-electron chi connectivity index (χ0n) is 22.4. The van der Waals surface area contributed by atoms with Crippen LogP contribution in [0.1, 0.15) is 63.5 Å². The second-order valence-corrected chi connectivity index (χ2v) is 10.1. The number of carbonyl (C=O) groups is 1. The molecule has 0 bridgehead atoms. The summed E-state index contributed by atoms with van der Waals surface area (Å²) in [6.07, 6.45) is 2.90. The summed E-state index contributed by atoms with van der Waals surface area (Å²) in [4.78, 5) is 34.3. The lowest BCUT2D eigenvalue weighted by Gasteiger charge is -2.31. The number of para-hydroxylation sites is 1. The van der Waals surface area contributed by atoms with Crippen molar-refractivity contribution in [3.05, 3.63) is 106 Å². The molecule has 0 fully saturated rings. The zero-order valence-corrected chi connectivity index (χ0v) is 22.4. The Morgan fingerprint density at radius 1 is 0.892 bits per heavy atom. The molecule has 3 aromatic carbocycles. The topological polar surface area (TPSA) is 55.2 Å². The molecule has 0 radical (unpaired) electrons. The third kappa shape index (κ3) is 6.16. The van der Waals surface area contributed by atoms with Crippen LogP contribution < -0.4 is 5.56 Å². The Balaban J connectivity index is 1.77. The summed E-state index contributed by atoms with van der Waals surface area (Å²) in [5.74, 6) is 1.11. The van der Waals surface area contributed by atoms with Crippen molar-refractivity contribution >= 4 is 16.8 Å². The smallest absolute Gasteiger partial charge is 0.266 e. The molecule has 1 heterocycles. The number of hydrogen-bond acceptors (Lipinski definition) is 3. The number of fused-ring (bicyclic) bond motifs is 1. The number of rotatable bonds is 10. The van der Waals surface area contributed by atoms with E-state index in [9.17, 15) is 9.59 Å². The third-order valence-electron chi connectivity index (χ3n) is 6.98. The van der Waals surface area contributed by atoms with Crippen LogP contribution in [0.25, 0.3) is 16.6 Å². The average Bonchev–Trinajstić information content (AvgIpc) is 2.92. The summed E-state index contributed by atoms with van der Waals surface area (Å²) in [7, 11) is 0. The molecule has 0 aliphatic heterocycles. The van der Waals surface area contributed by atoms with Gasteiger partial charge in [-0.25, -0.2) is 4.98 Å².